The van der Waals surface area contributed by atoms with E-state index in [0.717, 1.165) is 5.56 Å². The van der Waals surface area contributed by atoms with Crippen molar-refractivity contribution in [2.75, 3.05) is 18.6 Å². The minimum atomic E-state index is -0.531. The normalized spacial score (nSPS) is 15.7. The van der Waals surface area contributed by atoms with Crippen molar-refractivity contribution >= 4 is 29.1 Å². The first-order valence-electron chi connectivity index (χ1n) is 9.76. The van der Waals surface area contributed by atoms with Gasteiger partial charge in [0.05, 0.1) is 7.11 Å². The molecule has 0 spiro atoms. The highest BCUT2D eigenvalue weighted by molar-refractivity contribution is 6.30. The molecular formula is C24H21ClN2O4. The van der Waals surface area contributed by atoms with Crippen molar-refractivity contribution in [2.24, 2.45) is 5.73 Å². The van der Waals surface area contributed by atoms with Gasteiger partial charge in [0.1, 0.15) is 17.2 Å². The maximum atomic E-state index is 12.8. The molecule has 0 saturated carbocycles. The van der Waals surface area contributed by atoms with Crippen molar-refractivity contribution in [3.63, 3.8) is 0 Å². The number of nitrogens with zero attached hydrogens (tertiary/aromatic N) is 1. The smallest absolute Gasteiger partial charge is 0.248 e. The monoisotopic (exact) mass is 436 g/mol. The van der Waals surface area contributed by atoms with E-state index in [2.05, 4.69) is 0 Å². The van der Waals surface area contributed by atoms with Crippen molar-refractivity contribution in [1.29, 1.82) is 0 Å². The summed E-state index contributed by atoms with van der Waals surface area (Å²) in [6.45, 7) is 0.456. The maximum Gasteiger partial charge on any atom is 0.248 e. The highest BCUT2D eigenvalue weighted by Gasteiger charge is 2.33. The molecule has 0 bridgehead atoms. The molecule has 31 heavy (non-hydrogen) atoms. The van der Waals surface area contributed by atoms with E-state index in [1.807, 2.05) is 24.3 Å². The van der Waals surface area contributed by atoms with Gasteiger partial charge in [0.15, 0.2) is 0 Å². The van der Waals surface area contributed by atoms with Crippen LogP contribution in [-0.4, -0.2) is 25.5 Å². The van der Waals surface area contributed by atoms with Crippen LogP contribution in [0.25, 0.3) is 0 Å². The van der Waals surface area contributed by atoms with Crippen LogP contribution < -0.4 is 20.1 Å². The van der Waals surface area contributed by atoms with E-state index in [1.54, 1.807) is 54.5 Å². The predicted molar refractivity (Wildman–Crippen MR) is 119 cm³/mol. The van der Waals surface area contributed by atoms with Crippen LogP contribution in [0.1, 0.15) is 28.3 Å². The van der Waals surface area contributed by atoms with Gasteiger partial charge >= 0.3 is 0 Å². The molecule has 1 atom stereocenters. The maximum absolute atomic E-state index is 12.8. The third kappa shape index (κ3) is 4.49. The minimum absolute atomic E-state index is 0.0334. The number of halogens is 1. The number of carbonyl (C=O) groups is 2. The van der Waals surface area contributed by atoms with Crippen molar-refractivity contribution in [1.82, 2.24) is 0 Å². The summed E-state index contributed by atoms with van der Waals surface area (Å²) in [5.41, 5.74) is 7.27. The number of carbonyl (C=O) groups excluding carboxylic acids is 2. The van der Waals surface area contributed by atoms with Crippen LogP contribution in [0.15, 0.2) is 66.7 Å². The zero-order chi connectivity index (χ0) is 22.0. The third-order valence-electron chi connectivity index (χ3n) is 5.25. The molecule has 2 amide bonds. The van der Waals surface area contributed by atoms with E-state index in [1.165, 1.54) is 0 Å². The molecule has 0 aromatic heterocycles. The van der Waals surface area contributed by atoms with Gasteiger partial charge in [-0.1, -0.05) is 29.8 Å². The van der Waals surface area contributed by atoms with Gasteiger partial charge in [0.25, 0.3) is 0 Å². The van der Waals surface area contributed by atoms with Crippen LogP contribution >= 0.6 is 11.6 Å². The summed E-state index contributed by atoms with van der Waals surface area (Å²) in [5, 5.41) is 0.539. The lowest BCUT2D eigenvalue weighted by molar-refractivity contribution is -0.117. The van der Waals surface area contributed by atoms with E-state index < -0.39 is 5.91 Å². The van der Waals surface area contributed by atoms with Gasteiger partial charge in [0.2, 0.25) is 11.8 Å². The Morgan fingerprint density at radius 3 is 2.61 bits per heavy atom. The molecule has 158 valence electrons. The van der Waals surface area contributed by atoms with E-state index >= 15 is 0 Å². The van der Waals surface area contributed by atoms with E-state index in [-0.39, 0.29) is 11.8 Å². The van der Waals surface area contributed by atoms with Crippen LogP contribution in [0, 0.1) is 0 Å². The van der Waals surface area contributed by atoms with Gasteiger partial charge in [0, 0.05) is 46.8 Å². The molecular weight excluding hydrogens is 416 g/mol. The van der Waals surface area contributed by atoms with E-state index in [9.17, 15) is 9.59 Å². The Morgan fingerprint density at radius 1 is 1.06 bits per heavy atom. The molecule has 1 heterocycles. The number of nitrogens with two attached hydrogens (primary N) is 1. The second-order valence-corrected chi connectivity index (χ2v) is 7.72. The molecule has 1 aliphatic heterocycles. The second-order valence-electron chi connectivity index (χ2n) is 7.28. The van der Waals surface area contributed by atoms with Crippen LogP contribution in [0.5, 0.6) is 17.2 Å². The molecule has 7 heteroatoms. The summed E-state index contributed by atoms with van der Waals surface area (Å²) < 4.78 is 11.4. The Kier molecular flexibility index (Phi) is 5.82. The average Bonchev–Trinajstić information content (AvgIpc) is 3.15. The number of benzene rings is 3. The Bertz CT molecular complexity index is 1150. The lowest BCUT2D eigenvalue weighted by Crippen LogP contribution is -2.24. The Balaban J connectivity index is 1.62. The van der Waals surface area contributed by atoms with Crippen LogP contribution in [0.2, 0.25) is 5.02 Å². The summed E-state index contributed by atoms with van der Waals surface area (Å²) in [4.78, 5) is 26.0. The van der Waals surface area contributed by atoms with Crippen molar-refractivity contribution < 1.29 is 19.1 Å². The number of methoxy groups -OCH3 is 1. The summed E-state index contributed by atoms with van der Waals surface area (Å²) in [6.07, 6.45) is 0.316. The summed E-state index contributed by atoms with van der Waals surface area (Å²) in [6, 6.07) is 19.5. The molecule has 2 N–H and O–H groups in total. The van der Waals surface area contributed by atoms with Crippen molar-refractivity contribution in [2.45, 2.75) is 12.3 Å². The van der Waals surface area contributed by atoms with Gasteiger partial charge in [-0.05, 0) is 42.5 Å². The zero-order valence-electron chi connectivity index (χ0n) is 16.9. The summed E-state index contributed by atoms with van der Waals surface area (Å²) >= 11 is 6.22. The highest BCUT2D eigenvalue weighted by atomic mass is 35.5. The fourth-order valence-electron chi connectivity index (χ4n) is 3.72. The number of hydrogen-bond acceptors (Lipinski definition) is 4. The molecule has 1 saturated heterocycles. The van der Waals surface area contributed by atoms with E-state index in [4.69, 9.17) is 26.8 Å². The van der Waals surface area contributed by atoms with Gasteiger partial charge in [-0.2, -0.15) is 0 Å². The largest absolute Gasteiger partial charge is 0.497 e. The lowest BCUT2D eigenvalue weighted by atomic mass is 9.97. The number of primary amides is 1. The first kappa shape index (κ1) is 20.8. The molecule has 1 fully saturated rings. The lowest BCUT2D eigenvalue weighted by Gasteiger charge is -2.19. The van der Waals surface area contributed by atoms with Gasteiger partial charge in [-0.25, -0.2) is 0 Å². The Hall–Kier alpha value is -3.51. The summed E-state index contributed by atoms with van der Waals surface area (Å²) in [7, 11) is 1.59. The topological polar surface area (TPSA) is 81.9 Å². The second kappa shape index (κ2) is 8.70. The number of hydrogen-bond donors (Lipinski definition) is 1. The number of anilines is 1. The first-order chi connectivity index (χ1) is 14.9. The van der Waals surface area contributed by atoms with Crippen molar-refractivity contribution in [3.8, 4) is 17.2 Å². The van der Waals surface area contributed by atoms with Gasteiger partial charge < -0.3 is 20.1 Å². The molecule has 0 aliphatic carbocycles. The number of amides is 2. The standard InChI is InChI=1S/C24H21ClN2O4/c1-30-19-6-3-7-20(13-19)31-22-12-17(25)8-9-21(22)16-11-23(28)27(14-16)18-5-2-4-15(10-18)24(26)29/h2-10,12-13,16H,11,14H2,1H3,(H2,26,29)/t16-/m0/s1. The van der Waals surface area contributed by atoms with Crippen molar-refractivity contribution in [3.05, 3.63) is 82.9 Å². The Morgan fingerprint density at radius 2 is 1.84 bits per heavy atom. The number of ether oxygens (including phenoxy) is 2. The average molecular weight is 437 g/mol. The van der Waals surface area contributed by atoms with Gasteiger partial charge in [-0.15, -0.1) is 0 Å². The van der Waals surface area contributed by atoms with Crippen LogP contribution in [-0.2, 0) is 4.79 Å². The zero-order valence-corrected chi connectivity index (χ0v) is 17.6. The molecule has 6 nitrogen and oxygen atoms in total. The van der Waals surface area contributed by atoms with Gasteiger partial charge in [-0.3, -0.25) is 9.59 Å². The fraction of sp³-hybridized carbons (Fsp3) is 0.167. The highest BCUT2D eigenvalue weighted by Crippen LogP contribution is 2.39. The summed E-state index contributed by atoms with van der Waals surface area (Å²) in [5.74, 6) is 1.22. The van der Waals surface area contributed by atoms with Crippen LogP contribution in [0.3, 0.4) is 0 Å². The molecule has 0 unspecified atom stereocenters. The fourth-order valence-corrected chi connectivity index (χ4v) is 3.88. The minimum Gasteiger partial charge on any atom is -0.497 e. The Labute approximate surface area is 185 Å². The molecule has 1 aliphatic rings. The van der Waals surface area contributed by atoms with Crippen LogP contribution in [0.4, 0.5) is 5.69 Å². The molecule has 4 rings (SSSR count). The molecule has 3 aromatic carbocycles. The quantitative estimate of drug-likeness (QED) is 0.604. The first-order valence-corrected chi connectivity index (χ1v) is 10.1. The number of rotatable bonds is 6. The third-order valence-corrected chi connectivity index (χ3v) is 5.49. The SMILES string of the molecule is COc1cccc(Oc2cc(Cl)ccc2[C@H]2CC(=O)N(c3cccc(C(N)=O)c3)C2)c1. The van der Waals surface area contributed by atoms with E-state index in [0.29, 0.717) is 46.5 Å². The molecule has 3 aromatic rings. The predicted octanol–water partition coefficient (Wildman–Crippen LogP) is 4.76. The molecule has 0 radical (unpaired) electrons.